The van der Waals surface area contributed by atoms with Crippen LogP contribution in [0.2, 0.25) is 0 Å². The molecule has 12 heteroatoms. The van der Waals surface area contributed by atoms with Crippen LogP contribution < -0.4 is 0 Å². The zero-order valence-electron chi connectivity index (χ0n) is 41.5. The standard InChI is InChI=1S/C62H52N6.4ClH.2Co/c1-41-33-35-51(43(3)37-41)65-59(47-21-11-7-12-22-47)53-29-19-31-55(63-53)61(49-25-15-9-16-26-49)67-57-39-46(6)58(40-45(57)5)68-62(50-27-17-10-18-28-50)56-32-20-30-54(64-56)60(48-23-13-8-14-24-48)66-52-36-34-42(2)38-44(52)4;;;;;;/h7-40H,1-6H3;4*1H;;/q;;;;;2*+2/p-4. The minimum absolute atomic E-state index is 0.382. The van der Waals surface area contributed by atoms with Crippen molar-refractivity contribution >= 4 is 86.2 Å². The normalized spacial score (nSPS) is 11.9. The first-order chi connectivity index (χ1) is 36.0. The van der Waals surface area contributed by atoms with Gasteiger partial charge >= 0.3 is 66.4 Å². The van der Waals surface area contributed by atoms with Gasteiger partial charge in [0.05, 0.1) is 68.4 Å². The maximum absolute atomic E-state index is 5.42. The summed E-state index contributed by atoms with van der Waals surface area (Å²) >= 11 is 0.764. The van der Waals surface area contributed by atoms with Crippen molar-refractivity contribution in [2.75, 3.05) is 0 Å². The topological polar surface area (TPSA) is 75.2 Å². The van der Waals surface area contributed by atoms with Crippen molar-refractivity contribution in [3.8, 4) is 0 Å². The number of hydrogen-bond donors (Lipinski definition) is 0. The first-order valence-electron chi connectivity index (χ1n) is 23.4. The Bertz CT molecular complexity index is 3210. The molecule has 0 N–H and O–H groups in total. The Morgan fingerprint density at radius 1 is 0.297 bits per heavy atom. The molecule has 0 fully saturated rings. The van der Waals surface area contributed by atoms with Gasteiger partial charge in [-0.1, -0.05) is 169 Å². The Balaban J connectivity index is 0.00000127. The summed E-state index contributed by atoms with van der Waals surface area (Å²) < 4.78 is 0. The fourth-order valence-corrected chi connectivity index (χ4v) is 8.23. The van der Waals surface area contributed by atoms with Crippen LogP contribution in [0.1, 0.15) is 78.4 Å². The van der Waals surface area contributed by atoms with E-state index in [-0.39, 0.29) is 0 Å². The minimum atomic E-state index is 0.382. The molecule has 2 aromatic heterocycles. The van der Waals surface area contributed by atoms with Crippen LogP contribution in [-0.4, -0.2) is 32.8 Å². The number of aromatic nitrogens is 2. The second-order valence-corrected chi connectivity index (χ2v) is 20.7. The van der Waals surface area contributed by atoms with E-state index in [1.54, 1.807) is 0 Å². The van der Waals surface area contributed by atoms with Crippen molar-refractivity contribution in [3.05, 3.63) is 285 Å². The molecule has 376 valence electrons. The molecule has 0 unspecified atom stereocenters. The summed E-state index contributed by atoms with van der Waals surface area (Å²) in [6.45, 7) is 12.6. The number of halogens is 4. The Kier molecular flexibility index (Phi) is 20.9. The van der Waals surface area contributed by atoms with Gasteiger partial charge in [0.1, 0.15) is 0 Å². The Hall–Kier alpha value is -6.31. The zero-order valence-corrected chi connectivity index (χ0v) is 46.6. The number of hydrogen-bond acceptors (Lipinski definition) is 6. The van der Waals surface area contributed by atoms with Gasteiger partial charge in [0, 0.05) is 22.3 Å². The van der Waals surface area contributed by atoms with Gasteiger partial charge in [0.2, 0.25) is 0 Å². The molecule has 0 spiro atoms. The van der Waals surface area contributed by atoms with E-state index in [0.29, 0.717) is 25.8 Å². The number of nitrogens with zero attached hydrogens (tertiary/aromatic N) is 6. The van der Waals surface area contributed by atoms with E-state index in [9.17, 15) is 0 Å². The van der Waals surface area contributed by atoms with E-state index in [1.165, 1.54) is 11.1 Å². The third-order valence-corrected chi connectivity index (χ3v) is 11.8. The molecule has 0 aliphatic carbocycles. The van der Waals surface area contributed by atoms with Gasteiger partial charge in [0.15, 0.2) is 0 Å². The maximum atomic E-state index is 5.42. The molecule has 0 atom stereocenters. The van der Waals surface area contributed by atoms with Gasteiger partial charge in [0.25, 0.3) is 0 Å². The second-order valence-electron chi connectivity index (χ2n) is 17.2. The summed E-state index contributed by atoms with van der Waals surface area (Å²) in [5.41, 5.74) is 20.0. The summed E-state index contributed by atoms with van der Waals surface area (Å²) in [6, 6.07) is 70.1. The van der Waals surface area contributed by atoms with E-state index < -0.39 is 0 Å². The monoisotopic (exact) mass is 1140 g/mol. The molecule has 0 radical (unpaired) electrons. The van der Waals surface area contributed by atoms with Gasteiger partial charge in [-0.25, -0.2) is 29.9 Å². The van der Waals surface area contributed by atoms with Gasteiger partial charge < -0.3 is 0 Å². The SMILES string of the molecule is Cc1ccc(N=C(c2ccccc2)c2cccc(C(=Nc3cc(C)c(N=C(c4ccccc4)c4cccc(C(=Nc5ccc(C)cc5C)c5ccccc5)n4)cc3C)c3ccccc3)n2)c(C)c1.[Cl][Co][Cl].[Cl][Co][Cl]. The summed E-state index contributed by atoms with van der Waals surface area (Å²) in [4.78, 5) is 32.0. The molecule has 7 aromatic carbocycles. The molecule has 0 amide bonds. The molecule has 2 heterocycles. The van der Waals surface area contributed by atoms with Crippen molar-refractivity contribution in [1.82, 2.24) is 9.97 Å². The van der Waals surface area contributed by atoms with Gasteiger partial charge in [-0.3, -0.25) is 0 Å². The third-order valence-electron chi connectivity index (χ3n) is 11.8. The fourth-order valence-electron chi connectivity index (χ4n) is 8.23. The molecule has 0 saturated carbocycles. The second kappa shape index (κ2) is 27.8. The summed E-state index contributed by atoms with van der Waals surface area (Å²) in [7, 11) is 18.9. The molecule has 0 bridgehead atoms. The van der Waals surface area contributed by atoms with Crippen LogP contribution in [0, 0.1) is 41.5 Å². The molecule has 9 rings (SSSR count). The third kappa shape index (κ3) is 14.9. The number of aliphatic imine (C=N–C) groups is 4. The van der Waals surface area contributed by atoms with Crippen LogP contribution >= 0.6 is 40.6 Å². The van der Waals surface area contributed by atoms with Gasteiger partial charge in [-0.15, -0.1) is 0 Å². The van der Waals surface area contributed by atoms with Crippen molar-refractivity contribution in [1.29, 1.82) is 0 Å². The predicted molar refractivity (Wildman–Crippen MR) is 307 cm³/mol. The molecular weight excluding hydrogens is 1090 g/mol. The average molecular weight is 1140 g/mol. The number of pyridine rings is 2. The van der Waals surface area contributed by atoms with Gasteiger partial charge in [-0.05, 0) is 112 Å². The molecule has 9 aromatic rings. The number of rotatable bonds is 12. The summed E-state index contributed by atoms with van der Waals surface area (Å²) in [6.07, 6.45) is 0. The Labute approximate surface area is 464 Å². The van der Waals surface area contributed by atoms with Crippen LogP contribution in [0.15, 0.2) is 226 Å². The van der Waals surface area contributed by atoms with E-state index in [4.69, 9.17) is 70.5 Å². The summed E-state index contributed by atoms with van der Waals surface area (Å²) in [5.74, 6) is 0. The first kappa shape index (κ1) is 55.4. The molecular formula is C62H52Cl4Co2N6. The van der Waals surface area contributed by atoms with E-state index >= 15 is 0 Å². The quantitative estimate of drug-likeness (QED) is 0.114. The van der Waals surface area contributed by atoms with Crippen molar-refractivity contribution < 1.29 is 25.8 Å². The number of aryl methyl sites for hydroxylation is 6. The van der Waals surface area contributed by atoms with Crippen LogP contribution in [0.5, 0.6) is 0 Å². The molecule has 0 aliphatic rings. The van der Waals surface area contributed by atoms with Crippen molar-refractivity contribution in [2.45, 2.75) is 41.5 Å². The Morgan fingerprint density at radius 2 is 0.541 bits per heavy atom. The first-order valence-corrected chi connectivity index (χ1v) is 29.2. The fraction of sp³-hybridized carbons (Fsp3) is 0.0968. The van der Waals surface area contributed by atoms with E-state index in [2.05, 4.69) is 139 Å². The Morgan fingerprint density at radius 3 is 0.797 bits per heavy atom. The van der Waals surface area contributed by atoms with E-state index in [0.717, 1.165) is 113 Å². The molecule has 0 aliphatic heterocycles. The van der Waals surface area contributed by atoms with Crippen molar-refractivity contribution in [3.63, 3.8) is 0 Å². The van der Waals surface area contributed by atoms with E-state index in [1.807, 2.05) is 109 Å². The van der Waals surface area contributed by atoms with Gasteiger partial charge in [-0.2, -0.15) is 0 Å². The average Bonchev–Trinajstić information content (AvgIpc) is 3.41. The zero-order chi connectivity index (χ0) is 52.4. The van der Waals surface area contributed by atoms with Crippen LogP contribution in [0.25, 0.3) is 0 Å². The van der Waals surface area contributed by atoms with Crippen LogP contribution in [0.4, 0.5) is 22.7 Å². The molecule has 74 heavy (non-hydrogen) atoms. The molecule has 6 nitrogen and oxygen atoms in total. The van der Waals surface area contributed by atoms with Crippen LogP contribution in [0.3, 0.4) is 0 Å². The summed E-state index contributed by atoms with van der Waals surface area (Å²) in [5, 5.41) is 0. The number of benzene rings is 7. The predicted octanol–water partition coefficient (Wildman–Crippen LogP) is 17.8. The van der Waals surface area contributed by atoms with Crippen LogP contribution in [-0.2, 0) is 25.8 Å². The molecule has 0 saturated heterocycles. The van der Waals surface area contributed by atoms with Crippen molar-refractivity contribution in [2.24, 2.45) is 20.0 Å².